The van der Waals surface area contributed by atoms with Crippen molar-refractivity contribution in [1.29, 1.82) is 0 Å². The molecule has 33 heavy (non-hydrogen) atoms. The number of rotatable bonds is 5. The number of pyridine rings is 2. The summed E-state index contributed by atoms with van der Waals surface area (Å²) in [5, 5.41) is 4.35. The standard InChI is InChI=1S/C28H20ClN3O/c29-22-13-11-21(12-14-22)26-23(20-9-5-2-6-10-20)17-24-25(32-26)15-16-30-27(24)28(33)31-18-19-7-3-1-4-8-19/h1-17H,18H2,(H,31,33). The predicted molar refractivity (Wildman–Crippen MR) is 133 cm³/mol. The van der Waals surface area contributed by atoms with Crippen LogP contribution in [0, 0.1) is 0 Å². The topological polar surface area (TPSA) is 54.9 Å². The lowest BCUT2D eigenvalue weighted by atomic mass is 9.97. The first-order valence-corrected chi connectivity index (χ1v) is 11.0. The van der Waals surface area contributed by atoms with Crippen LogP contribution < -0.4 is 5.32 Å². The maximum Gasteiger partial charge on any atom is 0.270 e. The number of aromatic nitrogens is 2. The van der Waals surface area contributed by atoms with Crippen LogP contribution in [0.4, 0.5) is 0 Å². The van der Waals surface area contributed by atoms with Crippen LogP contribution in [0.15, 0.2) is 103 Å². The molecule has 0 spiro atoms. The number of carbonyl (C=O) groups excluding carboxylic acids is 1. The summed E-state index contributed by atoms with van der Waals surface area (Å²) in [6.45, 7) is 0.430. The third-order valence-electron chi connectivity index (χ3n) is 5.46. The summed E-state index contributed by atoms with van der Waals surface area (Å²) in [4.78, 5) is 22.4. The van der Waals surface area contributed by atoms with Crippen LogP contribution in [-0.4, -0.2) is 15.9 Å². The van der Waals surface area contributed by atoms with Gasteiger partial charge in [-0.2, -0.15) is 0 Å². The van der Waals surface area contributed by atoms with Gasteiger partial charge in [-0.3, -0.25) is 9.78 Å². The predicted octanol–water partition coefficient (Wildman–Crippen LogP) is 6.55. The first-order chi connectivity index (χ1) is 16.2. The van der Waals surface area contributed by atoms with E-state index in [2.05, 4.69) is 10.3 Å². The molecule has 0 bridgehead atoms. The Labute approximate surface area is 196 Å². The Morgan fingerprint density at radius 1 is 0.818 bits per heavy atom. The molecule has 0 aliphatic carbocycles. The first-order valence-electron chi connectivity index (χ1n) is 10.6. The van der Waals surface area contributed by atoms with E-state index >= 15 is 0 Å². The fourth-order valence-corrected chi connectivity index (χ4v) is 3.93. The highest BCUT2D eigenvalue weighted by atomic mass is 35.5. The Hall–Kier alpha value is -4.02. The second-order valence-corrected chi connectivity index (χ2v) is 8.09. The SMILES string of the molecule is O=C(NCc1ccccc1)c1nccc2nc(-c3ccc(Cl)cc3)c(-c3ccccc3)cc12. The number of carbonyl (C=O) groups is 1. The van der Waals surface area contributed by atoms with Gasteiger partial charge in [0.2, 0.25) is 0 Å². The smallest absolute Gasteiger partial charge is 0.270 e. The van der Waals surface area contributed by atoms with Gasteiger partial charge in [-0.25, -0.2) is 4.98 Å². The molecular formula is C28H20ClN3O. The number of nitrogens with one attached hydrogen (secondary N) is 1. The molecule has 5 heteroatoms. The molecule has 160 valence electrons. The summed E-state index contributed by atoms with van der Waals surface area (Å²) in [6, 6.07) is 31.3. The summed E-state index contributed by atoms with van der Waals surface area (Å²) in [6.07, 6.45) is 1.63. The summed E-state index contributed by atoms with van der Waals surface area (Å²) in [5.41, 5.74) is 5.81. The minimum Gasteiger partial charge on any atom is -0.347 e. The highest BCUT2D eigenvalue weighted by Gasteiger charge is 2.17. The molecule has 5 aromatic rings. The molecule has 3 aromatic carbocycles. The van der Waals surface area contributed by atoms with Crippen LogP contribution in [0.1, 0.15) is 16.1 Å². The summed E-state index contributed by atoms with van der Waals surface area (Å²) < 4.78 is 0. The Morgan fingerprint density at radius 3 is 2.24 bits per heavy atom. The second-order valence-electron chi connectivity index (χ2n) is 7.65. The number of amides is 1. The molecule has 0 saturated carbocycles. The summed E-state index contributed by atoms with van der Waals surface area (Å²) in [7, 11) is 0. The lowest BCUT2D eigenvalue weighted by molar-refractivity contribution is 0.0948. The van der Waals surface area contributed by atoms with E-state index < -0.39 is 0 Å². The van der Waals surface area contributed by atoms with Gasteiger partial charge in [0.05, 0.1) is 11.2 Å². The monoisotopic (exact) mass is 449 g/mol. The fourth-order valence-electron chi connectivity index (χ4n) is 3.80. The van der Waals surface area contributed by atoms with E-state index in [9.17, 15) is 4.79 Å². The molecule has 0 fully saturated rings. The molecule has 4 nitrogen and oxygen atoms in total. The maximum absolute atomic E-state index is 13.1. The Kier molecular flexibility index (Phi) is 5.83. The van der Waals surface area contributed by atoms with Gasteiger partial charge in [0.15, 0.2) is 0 Å². The molecule has 2 heterocycles. The average Bonchev–Trinajstić information content (AvgIpc) is 2.88. The molecule has 5 rings (SSSR count). The third kappa shape index (κ3) is 4.47. The number of nitrogens with zero attached hydrogens (tertiary/aromatic N) is 2. The minimum absolute atomic E-state index is 0.232. The van der Waals surface area contributed by atoms with Crippen molar-refractivity contribution in [3.8, 4) is 22.4 Å². The average molecular weight is 450 g/mol. The molecule has 0 radical (unpaired) electrons. The van der Waals surface area contributed by atoms with E-state index in [0.717, 1.165) is 27.9 Å². The zero-order valence-electron chi connectivity index (χ0n) is 17.7. The quantitative estimate of drug-likeness (QED) is 0.331. The largest absolute Gasteiger partial charge is 0.347 e. The van der Waals surface area contributed by atoms with Gasteiger partial charge in [-0.15, -0.1) is 0 Å². The van der Waals surface area contributed by atoms with Gasteiger partial charge in [0.1, 0.15) is 5.69 Å². The van der Waals surface area contributed by atoms with Crippen molar-refractivity contribution in [3.63, 3.8) is 0 Å². The lowest BCUT2D eigenvalue weighted by Crippen LogP contribution is -2.24. The highest BCUT2D eigenvalue weighted by molar-refractivity contribution is 6.30. The molecule has 0 aliphatic rings. The first kappa shape index (κ1) is 20.9. The molecule has 0 atom stereocenters. The molecule has 0 saturated heterocycles. The van der Waals surface area contributed by atoms with Crippen LogP contribution >= 0.6 is 11.6 Å². The third-order valence-corrected chi connectivity index (χ3v) is 5.71. The molecular weight excluding hydrogens is 430 g/mol. The lowest BCUT2D eigenvalue weighted by Gasteiger charge is -2.13. The Balaban J connectivity index is 1.61. The zero-order chi connectivity index (χ0) is 22.6. The van der Waals surface area contributed by atoms with Gasteiger partial charge in [-0.05, 0) is 35.4 Å². The normalized spacial score (nSPS) is 10.8. The van der Waals surface area contributed by atoms with E-state index in [1.807, 2.05) is 97.1 Å². The molecule has 0 unspecified atom stereocenters. The molecule has 2 aromatic heterocycles. The molecule has 1 N–H and O–H groups in total. The van der Waals surface area contributed by atoms with Crippen LogP contribution in [0.3, 0.4) is 0 Å². The van der Waals surface area contributed by atoms with Crippen molar-refractivity contribution in [2.24, 2.45) is 0 Å². The van der Waals surface area contributed by atoms with E-state index in [-0.39, 0.29) is 5.91 Å². The van der Waals surface area contributed by atoms with Crippen molar-refractivity contribution in [2.45, 2.75) is 6.54 Å². The van der Waals surface area contributed by atoms with E-state index in [0.29, 0.717) is 28.2 Å². The maximum atomic E-state index is 13.1. The molecule has 1 amide bonds. The van der Waals surface area contributed by atoms with Crippen molar-refractivity contribution in [1.82, 2.24) is 15.3 Å². The number of hydrogen-bond donors (Lipinski definition) is 1. The van der Waals surface area contributed by atoms with E-state index in [1.165, 1.54) is 0 Å². The Bertz CT molecular complexity index is 1420. The van der Waals surface area contributed by atoms with Gasteiger partial charge in [0, 0.05) is 34.3 Å². The fraction of sp³-hybridized carbons (Fsp3) is 0.0357. The van der Waals surface area contributed by atoms with Gasteiger partial charge >= 0.3 is 0 Å². The molecule has 0 aliphatic heterocycles. The number of benzene rings is 3. The van der Waals surface area contributed by atoms with Crippen LogP contribution in [-0.2, 0) is 6.54 Å². The zero-order valence-corrected chi connectivity index (χ0v) is 18.5. The second kappa shape index (κ2) is 9.23. The van der Waals surface area contributed by atoms with Gasteiger partial charge in [0.25, 0.3) is 5.91 Å². The summed E-state index contributed by atoms with van der Waals surface area (Å²) in [5.74, 6) is -0.232. The van der Waals surface area contributed by atoms with Crippen LogP contribution in [0.25, 0.3) is 33.3 Å². The summed E-state index contributed by atoms with van der Waals surface area (Å²) >= 11 is 6.11. The van der Waals surface area contributed by atoms with Crippen molar-refractivity contribution >= 4 is 28.4 Å². The van der Waals surface area contributed by atoms with E-state index in [1.54, 1.807) is 6.20 Å². The van der Waals surface area contributed by atoms with Crippen molar-refractivity contribution in [2.75, 3.05) is 0 Å². The number of hydrogen-bond acceptors (Lipinski definition) is 3. The van der Waals surface area contributed by atoms with Crippen LogP contribution in [0.5, 0.6) is 0 Å². The van der Waals surface area contributed by atoms with Gasteiger partial charge in [-0.1, -0.05) is 84.4 Å². The van der Waals surface area contributed by atoms with Crippen molar-refractivity contribution in [3.05, 3.63) is 120 Å². The number of halogens is 1. The van der Waals surface area contributed by atoms with Gasteiger partial charge < -0.3 is 5.32 Å². The Morgan fingerprint density at radius 2 is 1.52 bits per heavy atom. The van der Waals surface area contributed by atoms with Crippen LogP contribution in [0.2, 0.25) is 5.02 Å². The minimum atomic E-state index is -0.232. The highest BCUT2D eigenvalue weighted by Crippen LogP contribution is 2.34. The van der Waals surface area contributed by atoms with Crippen molar-refractivity contribution < 1.29 is 4.79 Å². The van der Waals surface area contributed by atoms with E-state index in [4.69, 9.17) is 16.6 Å². The number of fused-ring (bicyclic) bond motifs is 1.